The highest BCUT2D eigenvalue weighted by Crippen LogP contribution is 2.18. The van der Waals surface area contributed by atoms with Crippen LogP contribution in [0, 0.1) is 0 Å². The molecule has 0 bridgehead atoms. The zero-order valence-electron chi connectivity index (χ0n) is 11.2. The third-order valence-electron chi connectivity index (χ3n) is 2.55. The van der Waals surface area contributed by atoms with E-state index in [9.17, 15) is 9.59 Å². The van der Waals surface area contributed by atoms with Gasteiger partial charge in [-0.3, -0.25) is 9.59 Å². The van der Waals surface area contributed by atoms with Gasteiger partial charge < -0.3 is 20.4 Å². The van der Waals surface area contributed by atoms with Crippen LogP contribution >= 0.6 is 11.8 Å². The number of anilines is 1. The molecule has 6 nitrogen and oxygen atoms in total. The third kappa shape index (κ3) is 4.84. The number of carbonyl (C=O) groups excluding carboxylic acids is 2. The Balaban J connectivity index is 2.70. The topological polar surface area (TPSA) is 89.9 Å². The summed E-state index contributed by atoms with van der Waals surface area (Å²) in [5.74, 6) is -1.56. The summed E-state index contributed by atoms with van der Waals surface area (Å²) in [5, 5.41) is 20.2. The van der Waals surface area contributed by atoms with Crippen LogP contribution in [0.4, 0.5) is 5.69 Å². The van der Waals surface area contributed by atoms with Crippen LogP contribution in [-0.4, -0.2) is 59.5 Å². The summed E-state index contributed by atoms with van der Waals surface area (Å²) in [6.07, 6.45) is 1.91. The fourth-order valence-electron chi connectivity index (χ4n) is 1.59. The van der Waals surface area contributed by atoms with Crippen LogP contribution < -0.4 is 5.32 Å². The van der Waals surface area contributed by atoms with Gasteiger partial charge in [0.2, 0.25) is 0 Å². The van der Waals surface area contributed by atoms with Gasteiger partial charge in [0.15, 0.2) is 0 Å². The first-order valence-electron chi connectivity index (χ1n) is 6.08. The number of hydrogen-bond donors (Lipinski definition) is 3. The molecule has 0 saturated heterocycles. The van der Waals surface area contributed by atoms with Gasteiger partial charge in [-0.2, -0.15) is 0 Å². The average molecular weight is 298 g/mol. The second kappa shape index (κ2) is 8.57. The summed E-state index contributed by atoms with van der Waals surface area (Å²) in [6.45, 7) is -0.503. The first kappa shape index (κ1) is 16.5. The van der Waals surface area contributed by atoms with Crippen molar-refractivity contribution in [2.24, 2.45) is 0 Å². The number of nitrogens with zero attached hydrogens (tertiary/aromatic N) is 1. The van der Waals surface area contributed by atoms with Gasteiger partial charge in [-0.1, -0.05) is 6.07 Å². The molecule has 0 aliphatic heterocycles. The number of amides is 2. The number of aliphatic hydroxyl groups excluding tert-OH is 2. The van der Waals surface area contributed by atoms with E-state index in [0.717, 1.165) is 9.80 Å². The lowest BCUT2D eigenvalue weighted by Gasteiger charge is -2.19. The van der Waals surface area contributed by atoms with Crippen LogP contribution in [0.2, 0.25) is 0 Å². The lowest BCUT2D eigenvalue weighted by atomic mass is 10.3. The van der Waals surface area contributed by atoms with E-state index in [1.165, 1.54) is 11.8 Å². The van der Waals surface area contributed by atoms with Gasteiger partial charge >= 0.3 is 11.8 Å². The van der Waals surface area contributed by atoms with Gasteiger partial charge in [0.25, 0.3) is 0 Å². The number of benzene rings is 1. The molecule has 0 fully saturated rings. The predicted molar refractivity (Wildman–Crippen MR) is 77.6 cm³/mol. The monoisotopic (exact) mass is 298 g/mol. The fraction of sp³-hybridized carbons (Fsp3) is 0.385. The lowest BCUT2D eigenvalue weighted by molar-refractivity contribution is -0.143. The van der Waals surface area contributed by atoms with Crippen molar-refractivity contribution in [1.29, 1.82) is 0 Å². The Labute approximate surface area is 121 Å². The lowest BCUT2D eigenvalue weighted by Crippen LogP contribution is -2.42. The van der Waals surface area contributed by atoms with Gasteiger partial charge in [0, 0.05) is 23.7 Å². The van der Waals surface area contributed by atoms with E-state index in [1.54, 1.807) is 18.2 Å². The van der Waals surface area contributed by atoms with Crippen molar-refractivity contribution in [2.45, 2.75) is 4.90 Å². The Hall–Kier alpha value is -1.57. The van der Waals surface area contributed by atoms with Gasteiger partial charge in [-0.15, -0.1) is 11.8 Å². The first-order chi connectivity index (χ1) is 9.62. The molecule has 20 heavy (non-hydrogen) atoms. The van der Waals surface area contributed by atoms with Crippen molar-refractivity contribution in [3.05, 3.63) is 24.3 Å². The van der Waals surface area contributed by atoms with E-state index in [0.29, 0.717) is 5.69 Å². The largest absolute Gasteiger partial charge is 0.395 e. The summed E-state index contributed by atoms with van der Waals surface area (Å²) in [4.78, 5) is 25.8. The highest BCUT2D eigenvalue weighted by Gasteiger charge is 2.21. The van der Waals surface area contributed by atoms with E-state index in [2.05, 4.69) is 5.32 Å². The molecule has 2 amide bonds. The zero-order chi connectivity index (χ0) is 15.0. The minimum Gasteiger partial charge on any atom is -0.395 e. The molecule has 3 N–H and O–H groups in total. The summed E-state index contributed by atoms with van der Waals surface area (Å²) in [6, 6.07) is 7.13. The second-order valence-corrected chi connectivity index (χ2v) is 4.81. The molecule has 0 unspecified atom stereocenters. The minimum atomic E-state index is -0.787. The molecular weight excluding hydrogens is 280 g/mol. The van der Waals surface area contributed by atoms with Crippen LogP contribution in [0.1, 0.15) is 0 Å². The number of hydrogen-bond acceptors (Lipinski definition) is 5. The summed E-state index contributed by atoms with van der Waals surface area (Å²) in [7, 11) is 0. The maximum absolute atomic E-state index is 11.9. The van der Waals surface area contributed by atoms with E-state index < -0.39 is 11.8 Å². The molecule has 0 aromatic heterocycles. The summed E-state index contributed by atoms with van der Waals surface area (Å²) < 4.78 is 0. The van der Waals surface area contributed by atoms with E-state index in [4.69, 9.17) is 10.2 Å². The number of thioether (sulfide) groups is 1. The average Bonchev–Trinajstić information content (AvgIpc) is 2.46. The van der Waals surface area contributed by atoms with Gasteiger partial charge in [-0.05, 0) is 24.5 Å². The quantitative estimate of drug-likeness (QED) is 0.514. The first-order valence-corrected chi connectivity index (χ1v) is 7.31. The molecule has 1 rings (SSSR count). The molecule has 1 aromatic carbocycles. The van der Waals surface area contributed by atoms with Gasteiger partial charge in [-0.25, -0.2) is 0 Å². The Bertz CT molecular complexity index is 461. The van der Waals surface area contributed by atoms with E-state index in [-0.39, 0.29) is 26.3 Å². The fourth-order valence-corrected chi connectivity index (χ4v) is 2.04. The molecule has 0 heterocycles. The van der Waals surface area contributed by atoms with Gasteiger partial charge in [0.1, 0.15) is 0 Å². The molecule has 0 aliphatic carbocycles. The van der Waals surface area contributed by atoms with Crippen LogP contribution in [0.25, 0.3) is 0 Å². The van der Waals surface area contributed by atoms with Crippen molar-refractivity contribution in [2.75, 3.05) is 37.9 Å². The van der Waals surface area contributed by atoms with Crippen LogP contribution in [0.5, 0.6) is 0 Å². The normalized spacial score (nSPS) is 10.2. The highest BCUT2D eigenvalue weighted by molar-refractivity contribution is 7.98. The molecule has 7 heteroatoms. The molecule has 0 radical (unpaired) electrons. The number of carbonyl (C=O) groups is 2. The maximum atomic E-state index is 11.9. The molecule has 0 aliphatic rings. The van der Waals surface area contributed by atoms with E-state index >= 15 is 0 Å². The molecule has 1 aromatic rings. The maximum Gasteiger partial charge on any atom is 0.313 e. The van der Waals surface area contributed by atoms with Crippen molar-refractivity contribution in [3.8, 4) is 0 Å². The zero-order valence-corrected chi connectivity index (χ0v) is 12.0. The molecule has 110 valence electrons. The number of nitrogens with one attached hydrogen (secondary N) is 1. The Kier molecular flexibility index (Phi) is 7.06. The smallest absolute Gasteiger partial charge is 0.313 e. The summed E-state index contributed by atoms with van der Waals surface area (Å²) >= 11 is 1.53. The van der Waals surface area contributed by atoms with Crippen molar-refractivity contribution < 1.29 is 19.8 Å². The number of rotatable bonds is 6. The van der Waals surface area contributed by atoms with Crippen molar-refractivity contribution in [3.63, 3.8) is 0 Å². The summed E-state index contributed by atoms with van der Waals surface area (Å²) in [5.41, 5.74) is 0.531. The number of aliphatic hydroxyl groups is 2. The Morgan fingerprint density at radius 3 is 2.45 bits per heavy atom. The van der Waals surface area contributed by atoms with Crippen molar-refractivity contribution >= 4 is 29.3 Å². The third-order valence-corrected chi connectivity index (χ3v) is 3.27. The highest BCUT2D eigenvalue weighted by atomic mass is 32.2. The SMILES string of the molecule is CSc1cccc(NC(=O)C(=O)N(CCO)CCO)c1. The second-order valence-electron chi connectivity index (χ2n) is 3.93. The minimum absolute atomic E-state index is 0.0116. The Morgan fingerprint density at radius 1 is 1.25 bits per heavy atom. The van der Waals surface area contributed by atoms with Crippen LogP contribution in [0.3, 0.4) is 0 Å². The predicted octanol–water partition coefficient (Wildman–Crippen LogP) is 0.160. The van der Waals surface area contributed by atoms with Gasteiger partial charge in [0.05, 0.1) is 13.2 Å². The standard InChI is InChI=1S/C13H18N2O4S/c1-20-11-4-2-3-10(9-11)14-12(18)13(19)15(5-7-16)6-8-17/h2-4,9,16-17H,5-8H2,1H3,(H,14,18). The van der Waals surface area contributed by atoms with Crippen molar-refractivity contribution in [1.82, 2.24) is 4.90 Å². The molecule has 0 spiro atoms. The van der Waals surface area contributed by atoms with Crippen LogP contribution in [0.15, 0.2) is 29.2 Å². The molecule has 0 saturated carbocycles. The van der Waals surface area contributed by atoms with E-state index in [1.807, 2.05) is 12.3 Å². The van der Waals surface area contributed by atoms with Crippen LogP contribution in [-0.2, 0) is 9.59 Å². The Morgan fingerprint density at radius 2 is 1.90 bits per heavy atom. The molecular formula is C13H18N2O4S. The molecule has 0 atom stereocenters.